The minimum absolute atomic E-state index is 0.110. The molecule has 0 saturated heterocycles. The maximum Gasteiger partial charge on any atom is 0.335 e. The summed E-state index contributed by atoms with van der Waals surface area (Å²) in [6.07, 6.45) is 0.962. The van der Waals surface area contributed by atoms with Crippen LogP contribution in [0.4, 0.5) is 0 Å². The van der Waals surface area contributed by atoms with Crippen molar-refractivity contribution >= 4 is 5.97 Å². The zero-order valence-electron chi connectivity index (χ0n) is 11.8. The first-order chi connectivity index (χ1) is 8.91. The molecule has 0 unspecified atom stereocenters. The zero-order valence-corrected chi connectivity index (χ0v) is 11.8. The highest BCUT2D eigenvalue weighted by atomic mass is 16.5. The molecular formula is C15H21NO3. The summed E-state index contributed by atoms with van der Waals surface area (Å²) in [5.74, 6) is -0.859. The summed E-state index contributed by atoms with van der Waals surface area (Å²) in [6, 6.07) is 5.41. The third kappa shape index (κ3) is 3.33. The van der Waals surface area contributed by atoms with E-state index in [1.54, 1.807) is 19.2 Å². The van der Waals surface area contributed by atoms with Crippen LogP contribution < -0.4 is 0 Å². The lowest BCUT2D eigenvalue weighted by molar-refractivity contribution is 0.00707. The van der Waals surface area contributed by atoms with E-state index in [-0.39, 0.29) is 5.60 Å². The van der Waals surface area contributed by atoms with Gasteiger partial charge in [0.1, 0.15) is 0 Å². The van der Waals surface area contributed by atoms with Gasteiger partial charge >= 0.3 is 5.97 Å². The van der Waals surface area contributed by atoms with Crippen LogP contribution >= 0.6 is 0 Å². The predicted octanol–water partition coefficient (Wildman–Crippen LogP) is 2.52. The van der Waals surface area contributed by atoms with Crippen molar-refractivity contribution in [2.45, 2.75) is 39.0 Å². The van der Waals surface area contributed by atoms with Crippen LogP contribution in [-0.2, 0) is 17.8 Å². The number of hydrogen-bond acceptors (Lipinski definition) is 3. The van der Waals surface area contributed by atoms with Gasteiger partial charge in [0.2, 0.25) is 0 Å². The number of benzene rings is 1. The lowest BCUT2D eigenvalue weighted by Gasteiger charge is -2.25. The summed E-state index contributed by atoms with van der Waals surface area (Å²) >= 11 is 0. The van der Waals surface area contributed by atoms with Crippen molar-refractivity contribution in [3.63, 3.8) is 0 Å². The first-order valence-corrected chi connectivity index (χ1v) is 6.54. The van der Waals surface area contributed by atoms with Gasteiger partial charge in [-0.15, -0.1) is 0 Å². The monoisotopic (exact) mass is 263 g/mol. The minimum Gasteiger partial charge on any atom is -0.478 e. The van der Waals surface area contributed by atoms with Gasteiger partial charge in [-0.2, -0.15) is 0 Å². The molecule has 0 fully saturated rings. The summed E-state index contributed by atoms with van der Waals surface area (Å²) in [5.41, 5.74) is 2.63. The Labute approximate surface area is 114 Å². The summed E-state index contributed by atoms with van der Waals surface area (Å²) in [4.78, 5) is 13.3. The number of fused-ring (bicyclic) bond motifs is 1. The molecule has 0 atom stereocenters. The topological polar surface area (TPSA) is 49.8 Å². The number of carboxylic acid groups (broad SMARTS) is 1. The maximum absolute atomic E-state index is 10.9. The SMILES string of the molecule is COC(C)(C)CCN1Cc2ccc(C(=O)O)cc2C1. The third-order valence-corrected chi connectivity index (χ3v) is 3.82. The molecule has 0 amide bonds. The van der Waals surface area contributed by atoms with Crippen LogP contribution in [-0.4, -0.2) is 35.2 Å². The molecule has 0 spiro atoms. The van der Waals surface area contributed by atoms with E-state index in [0.29, 0.717) is 5.56 Å². The lowest BCUT2D eigenvalue weighted by Crippen LogP contribution is -2.29. The molecule has 104 valence electrons. The van der Waals surface area contributed by atoms with Crippen molar-refractivity contribution in [1.82, 2.24) is 4.90 Å². The van der Waals surface area contributed by atoms with E-state index in [4.69, 9.17) is 9.84 Å². The number of methoxy groups -OCH3 is 1. The molecular weight excluding hydrogens is 242 g/mol. The van der Waals surface area contributed by atoms with Gasteiger partial charge in [0.05, 0.1) is 11.2 Å². The number of carboxylic acids is 1. The second kappa shape index (κ2) is 5.31. The van der Waals surface area contributed by atoms with Crippen molar-refractivity contribution < 1.29 is 14.6 Å². The standard InChI is InChI=1S/C15H21NO3/c1-15(2,19-3)6-7-16-9-12-5-4-11(14(17)18)8-13(12)10-16/h4-5,8H,6-7,9-10H2,1-3H3,(H,17,18). The van der Waals surface area contributed by atoms with Crippen LogP contribution in [0, 0.1) is 0 Å². The average molecular weight is 263 g/mol. The fourth-order valence-electron chi connectivity index (χ4n) is 2.29. The largest absolute Gasteiger partial charge is 0.478 e. The average Bonchev–Trinajstić information content (AvgIpc) is 2.78. The third-order valence-electron chi connectivity index (χ3n) is 3.82. The Hall–Kier alpha value is -1.39. The molecule has 4 heteroatoms. The minimum atomic E-state index is -0.859. The van der Waals surface area contributed by atoms with E-state index in [2.05, 4.69) is 18.7 Å². The molecule has 0 aromatic heterocycles. The zero-order chi connectivity index (χ0) is 14.0. The molecule has 4 nitrogen and oxygen atoms in total. The number of ether oxygens (including phenoxy) is 1. The molecule has 19 heavy (non-hydrogen) atoms. The highest BCUT2D eigenvalue weighted by molar-refractivity contribution is 5.87. The number of rotatable bonds is 5. The molecule has 1 aliphatic rings. The number of hydrogen-bond donors (Lipinski definition) is 1. The Morgan fingerprint density at radius 3 is 2.68 bits per heavy atom. The Morgan fingerprint density at radius 1 is 1.37 bits per heavy atom. The molecule has 2 rings (SSSR count). The van der Waals surface area contributed by atoms with Crippen molar-refractivity contribution in [1.29, 1.82) is 0 Å². The van der Waals surface area contributed by atoms with Crippen molar-refractivity contribution in [2.75, 3.05) is 13.7 Å². The summed E-state index contributed by atoms with van der Waals surface area (Å²) in [5, 5.41) is 8.99. The Kier molecular flexibility index (Phi) is 3.92. The fourth-order valence-corrected chi connectivity index (χ4v) is 2.29. The van der Waals surface area contributed by atoms with Gasteiger partial charge in [0.25, 0.3) is 0 Å². The molecule has 0 bridgehead atoms. The van der Waals surface area contributed by atoms with Gasteiger partial charge in [0.15, 0.2) is 0 Å². The highest BCUT2D eigenvalue weighted by Crippen LogP contribution is 2.25. The second-order valence-electron chi connectivity index (χ2n) is 5.71. The highest BCUT2D eigenvalue weighted by Gasteiger charge is 2.23. The summed E-state index contributed by atoms with van der Waals surface area (Å²) in [6.45, 7) is 6.85. The lowest BCUT2D eigenvalue weighted by atomic mass is 10.1. The van der Waals surface area contributed by atoms with Gasteiger partial charge in [-0.1, -0.05) is 6.07 Å². The molecule has 0 saturated carbocycles. The van der Waals surface area contributed by atoms with E-state index >= 15 is 0 Å². The van der Waals surface area contributed by atoms with Gasteiger partial charge in [-0.25, -0.2) is 4.79 Å². The van der Waals surface area contributed by atoms with E-state index in [1.807, 2.05) is 6.07 Å². The quantitative estimate of drug-likeness (QED) is 0.887. The van der Waals surface area contributed by atoms with Gasteiger partial charge < -0.3 is 9.84 Å². The van der Waals surface area contributed by atoms with Crippen LogP contribution in [0.5, 0.6) is 0 Å². The van der Waals surface area contributed by atoms with E-state index in [9.17, 15) is 4.79 Å². The van der Waals surface area contributed by atoms with Crippen molar-refractivity contribution in [3.05, 3.63) is 34.9 Å². The molecule has 1 heterocycles. The Morgan fingerprint density at radius 2 is 2.05 bits per heavy atom. The summed E-state index contributed by atoms with van der Waals surface area (Å²) in [7, 11) is 1.73. The Bertz CT molecular complexity index is 482. The van der Waals surface area contributed by atoms with Crippen LogP contribution in [0.3, 0.4) is 0 Å². The number of carbonyl (C=O) groups is 1. The van der Waals surface area contributed by atoms with E-state index in [0.717, 1.165) is 31.6 Å². The van der Waals surface area contributed by atoms with Crippen LogP contribution in [0.15, 0.2) is 18.2 Å². The van der Waals surface area contributed by atoms with Gasteiger partial charge in [-0.05, 0) is 43.5 Å². The van der Waals surface area contributed by atoms with Gasteiger partial charge in [-0.3, -0.25) is 4.90 Å². The van der Waals surface area contributed by atoms with Crippen LogP contribution in [0.2, 0.25) is 0 Å². The summed E-state index contributed by atoms with van der Waals surface area (Å²) < 4.78 is 5.42. The van der Waals surface area contributed by atoms with Crippen LogP contribution in [0.1, 0.15) is 41.8 Å². The molecule has 1 N–H and O–H groups in total. The van der Waals surface area contributed by atoms with Gasteiger partial charge in [0, 0.05) is 26.7 Å². The number of nitrogens with zero attached hydrogens (tertiary/aromatic N) is 1. The van der Waals surface area contributed by atoms with Crippen molar-refractivity contribution in [2.24, 2.45) is 0 Å². The van der Waals surface area contributed by atoms with E-state index in [1.165, 1.54) is 5.56 Å². The first-order valence-electron chi connectivity index (χ1n) is 6.54. The van der Waals surface area contributed by atoms with Crippen molar-refractivity contribution in [3.8, 4) is 0 Å². The molecule has 1 aromatic carbocycles. The fraction of sp³-hybridized carbons (Fsp3) is 0.533. The molecule has 0 aliphatic carbocycles. The molecule has 0 radical (unpaired) electrons. The molecule has 1 aromatic rings. The van der Waals surface area contributed by atoms with Crippen LogP contribution in [0.25, 0.3) is 0 Å². The predicted molar refractivity (Wildman–Crippen MR) is 73.2 cm³/mol. The smallest absolute Gasteiger partial charge is 0.335 e. The first kappa shape index (κ1) is 14.0. The number of aromatic carboxylic acids is 1. The normalized spacial score (nSPS) is 15.5. The molecule has 1 aliphatic heterocycles. The Balaban J connectivity index is 1.98. The maximum atomic E-state index is 10.9. The second-order valence-corrected chi connectivity index (χ2v) is 5.71. The van der Waals surface area contributed by atoms with E-state index < -0.39 is 5.97 Å².